The Balaban J connectivity index is 1.41. The van der Waals surface area contributed by atoms with E-state index in [-0.39, 0.29) is 23.0 Å². The normalized spacial score (nSPS) is 31.7. The van der Waals surface area contributed by atoms with Gasteiger partial charge in [0.15, 0.2) is 29.5 Å². The second kappa shape index (κ2) is 13.0. The van der Waals surface area contributed by atoms with Gasteiger partial charge in [-0.15, -0.1) is 0 Å². The number of carbonyl (C=O) groups excluding carboxylic acids is 1. The molecule has 41 heavy (non-hydrogen) atoms. The molecule has 2 aliphatic rings. The molecule has 0 unspecified atom stereocenters. The van der Waals surface area contributed by atoms with E-state index in [1.165, 1.54) is 43.5 Å². The first-order valence-corrected chi connectivity index (χ1v) is 12.5. The smallest absolute Gasteiger partial charge is 0.330 e. The highest BCUT2D eigenvalue weighted by atomic mass is 16.8. The van der Waals surface area contributed by atoms with Gasteiger partial charge in [-0.05, 0) is 35.9 Å². The molecule has 2 aliphatic heterocycles. The monoisotopic (exact) mass is 580 g/mol. The summed E-state index contributed by atoms with van der Waals surface area (Å²) in [6, 6.07) is 10.00. The first-order chi connectivity index (χ1) is 19.5. The second-order valence-corrected chi connectivity index (χ2v) is 9.52. The molecule has 0 saturated carbocycles. The Hall–Kier alpha value is -3.47. The van der Waals surface area contributed by atoms with E-state index in [9.17, 15) is 40.5 Å². The first-order valence-electron chi connectivity index (χ1n) is 12.5. The van der Waals surface area contributed by atoms with Gasteiger partial charge in [0.25, 0.3) is 0 Å². The topological polar surface area (TPSA) is 214 Å². The molecule has 2 saturated heterocycles. The summed E-state index contributed by atoms with van der Waals surface area (Å²) in [5.41, 5.74) is -1.47. The van der Waals surface area contributed by atoms with Gasteiger partial charge in [-0.2, -0.15) is 0 Å². The molecule has 2 fully saturated rings. The maximum Gasteiger partial charge on any atom is 0.330 e. The van der Waals surface area contributed by atoms with Crippen LogP contribution in [-0.2, 0) is 23.7 Å². The molecule has 2 aromatic carbocycles. The molecule has 14 nitrogen and oxygen atoms in total. The molecule has 2 heterocycles. The number of hydrogen-bond donors (Lipinski definition) is 7. The standard InChI is InChI=1S/C27H32O14/c1-36-18-10-16(7-8-17(18)30)39-25-23(22(33)21(32)19(11-28)40-25)41-26-24(34)27(35,13-38-26)12-37-20(31)9-4-14-2-5-15(29)6-3-14/h2-10,19,21-26,28-30,32-35H,11-13H2,1H3/t19-,21-,22+,23-,24+,25-,26+,27-/m1/s1. The predicted octanol–water partition coefficient (Wildman–Crippen LogP) is -0.986. The van der Waals surface area contributed by atoms with Crippen molar-refractivity contribution in [3.05, 3.63) is 54.1 Å². The molecular weight excluding hydrogens is 548 g/mol. The van der Waals surface area contributed by atoms with Crippen LogP contribution in [0.15, 0.2) is 48.5 Å². The lowest BCUT2D eigenvalue weighted by Gasteiger charge is -2.42. The number of phenolic OH excluding ortho intramolecular Hbond substituents is 2. The number of carbonyl (C=O) groups is 1. The number of ether oxygens (including phenoxy) is 6. The van der Waals surface area contributed by atoms with E-state index in [2.05, 4.69) is 0 Å². The van der Waals surface area contributed by atoms with Gasteiger partial charge >= 0.3 is 5.97 Å². The van der Waals surface area contributed by atoms with E-state index in [0.29, 0.717) is 5.56 Å². The molecule has 0 aromatic heterocycles. The summed E-state index contributed by atoms with van der Waals surface area (Å²) in [6.07, 6.45) is -8.36. The molecule has 8 atom stereocenters. The average Bonchev–Trinajstić information content (AvgIpc) is 3.25. The van der Waals surface area contributed by atoms with Crippen LogP contribution in [0.5, 0.6) is 23.0 Å². The maximum atomic E-state index is 12.1. The van der Waals surface area contributed by atoms with E-state index >= 15 is 0 Å². The molecule has 0 amide bonds. The van der Waals surface area contributed by atoms with Crippen LogP contribution in [-0.4, -0.2) is 117 Å². The van der Waals surface area contributed by atoms with E-state index < -0.39 is 74.5 Å². The molecule has 0 bridgehead atoms. The maximum absolute atomic E-state index is 12.1. The Morgan fingerprint density at radius 3 is 2.49 bits per heavy atom. The van der Waals surface area contributed by atoms with Crippen molar-refractivity contribution in [2.75, 3.05) is 26.9 Å². The highest BCUT2D eigenvalue weighted by Crippen LogP contribution is 2.34. The van der Waals surface area contributed by atoms with Crippen molar-refractivity contribution in [3.63, 3.8) is 0 Å². The number of aromatic hydroxyl groups is 2. The lowest BCUT2D eigenvalue weighted by Crippen LogP contribution is -2.62. The van der Waals surface area contributed by atoms with Crippen LogP contribution in [0.2, 0.25) is 0 Å². The quantitative estimate of drug-likeness (QED) is 0.133. The van der Waals surface area contributed by atoms with Crippen LogP contribution in [0.3, 0.4) is 0 Å². The number of phenols is 2. The van der Waals surface area contributed by atoms with Crippen molar-refractivity contribution in [1.29, 1.82) is 0 Å². The van der Waals surface area contributed by atoms with E-state index in [4.69, 9.17) is 28.4 Å². The van der Waals surface area contributed by atoms with Crippen LogP contribution in [0.25, 0.3) is 6.08 Å². The average molecular weight is 581 g/mol. The summed E-state index contributed by atoms with van der Waals surface area (Å²) in [6.45, 7) is -1.85. The molecule has 224 valence electrons. The molecule has 7 N–H and O–H groups in total. The lowest BCUT2D eigenvalue weighted by molar-refractivity contribution is -0.318. The summed E-state index contributed by atoms with van der Waals surface area (Å²) in [5, 5.41) is 71.5. The van der Waals surface area contributed by atoms with Crippen molar-refractivity contribution >= 4 is 12.0 Å². The van der Waals surface area contributed by atoms with Crippen LogP contribution in [0, 0.1) is 0 Å². The van der Waals surface area contributed by atoms with E-state index in [0.717, 1.165) is 6.08 Å². The fourth-order valence-electron chi connectivity index (χ4n) is 4.21. The fraction of sp³-hybridized carbons (Fsp3) is 0.444. The van der Waals surface area contributed by atoms with Gasteiger partial charge in [-0.1, -0.05) is 12.1 Å². The molecule has 0 radical (unpaired) electrons. The Kier molecular flexibility index (Phi) is 9.68. The van der Waals surface area contributed by atoms with Crippen LogP contribution >= 0.6 is 0 Å². The predicted molar refractivity (Wildman–Crippen MR) is 137 cm³/mol. The van der Waals surface area contributed by atoms with Crippen LogP contribution in [0.1, 0.15) is 5.56 Å². The third-order valence-electron chi connectivity index (χ3n) is 6.59. The van der Waals surface area contributed by atoms with Crippen LogP contribution in [0.4, 0.5) is 0 Å². The van der Waals surface area contributed by atoms with Gasteiger partial charge in [0.05, 0.1) is 20.3 Å². The van der Waals surface area contributed by atoms with Crippen molar-refractivity contribution in [3.8, 4) is 23.0 Å². The SMILES string of the molecule is COc1cc(O[C@@H]2O[C@H](CO)[C@@H](O)[C@H](O)[C@H]2O[C@@H]2OC[C@](O)(COC(=O)C=Cc3ccc(O)cc3)[C@H]2O)ccc1O. The molecule has 4 rings (SSSR count). The van der Waals surface area contributed by atoms with Crippen molar-refractivity contribution in [1.82, 2.24) is 0 Å². The minimum Gasteiger partial charge on any atom is -0.508 e. The van der Waals surface area contributed by atoms with Crippen molar-refractivity contribution in [2.24, 2.45) is 0 Å². The summed E-state index contributed by atoms with van der Waals surface area (Å²) in [5.74, 6) is -0.751. The zero-order valence-electron chi connectivity index (χ0n) is 21.8. The number of hydrogen-bond acceptors (Lipinski definition) is 14. The Morgan fingerprint density at radius 1 is 1.07 bits per heavy atom. The summed E-state index contributed by atoms with van der Waals surface area (Å²) < 4.78 is 32.5. The van der Waals surface area contributed by atoms with Crippen molar-refractivity contribution < 1.29 is 69.0 Å². The molecule has 14 heteroatoms. The largest absolute Gasteiger partial charge is 0.508 e. The zero-order valence-corrected chi connectivity index (χ0v) is 21.8. The number of methoxy groups -OCH3 is 1. The number of benzene rings is 2. The van der Waals surface area contributed by atoms with E-state index in [1.54, 1.807) is 12.1 Å². The third-order valence-corrected chi connectivity index (χ3v) is 6.59. The van der Waals surface area contributed by atoms with Gasteiger partial charge in [0.2, 0.25) is 6.29 Å². The Bertz CT molecular complexity index is 1200. The highest BCUT2D eigenvalue weighted by molar-refractivity contribution is 5.87. The third kappa shape index (κ3) is 7.06. The number of rotatable bonds is 10. The number of aliphatic hydroxyl groups excluding tert-OH is 4. The number of esters is 1. The minimum atomic E-state index is -2.08. The summed E-state index contributed by atoms with van der Waals surface area (Å²) in [4.78, 5) is 12.1. The second-order valence-electron chi connectivity index (χ2n) is 9.52. The zero-order chi connectivity index (χ0) is 29.7. The molecular formula is C27H32O14. The first kappa shape index (κ1) is 30.5. The van der Waals surface area contributed by atoms with Gasteiger partial charge in [-0.3, -0.25) is 0 Å². The molecule has 0 spiro atoms. The Morgan fingerprint density at radius 2 is 1.80 bits per heavy atom. The minimum absolute atomic E-state index is 0.0624. The van der Waals surface area contributed by atoms with Gasteiger partial charge < -0.3 is 64.2 Å². The fourth-order valence-corrected chi connectivity index (χ4v) is 4.21. The van der Waals surface area contributed by atoms with Gasteiger partial charge in [0.1, 0.15) is 42.5 Å². The molecule has 0 aliphatic carbocycles. The Labute approximate surface area is 234 Å². The van der Waals surface area contributed by atoms with E-state index in [1.807, 2.05) is 0 Å². The molecule has 2 aromatic rings. The summed E-state index contributed by atoms with van der Waals surface area (Å²) in [7, 11) is 1.33. The lowest BCUT2D eigenvalue weighted by atomic mass is 9.98. The van der Waals surface area contributed by atoms with Crippen molar-refractivity contribution in [2.45, 2.75) is 48.7 Å². The summed E-state index contributed by atoms with van der Waals surface area (Å²) >= 11 is 0. The number of aliphatic hydroxyl groups is 5. The van der Waals surface area contributed by atoms with Crippen LogP contribution < -0.4 is 9.47 Å². The van der Waals surface area contributed by atoms with Gasteiger partial charge in [-0.25, -0.2) is 4.79 Å². The van der Waals surface area contributed by atoms with Gasteiger partial charge in [0, 0.05) is 12.1 Å². The highest BCUT2D eigenvalue weighted by Gasteiger charge is 2.54.